The second-order valence-electron chi connectivity index (χ2n) is 4.02. The van der Waals surface area contributed by atoms with Gasteiger partial charge in [0, 0.05) is 17.7 Å². The van der Waals surface area contributed by atoms with Crippen LogP contribution in [0.25, 0.3) is 0 Å². The summed E-state index contributed by atoms with van der Waals surface area (Å²) in [5.74, 6) is 0.587. The Balaban J connectivity index is 2.31. The van der Waals surface area contributed by atoms with Crippen LogP contribution in [0, 0.1) is 12.7 Å². The lowest BCUT2D eigenvalue weighted by Crippen LogP contribution is -2.09. The highest BCUT2D eigenvalue weighted by Gasteiger charge is 2.07. The highest BCUT2D eigenvalue weighted by atomic mass is 35.5. The molecule has 0 saturated carbocycles. The van der Waals surface area contributed by atoms with Gasteiger partial charge in [0.25, 0.3) is 0 Å². The molecule has 2 rings (SSSR count). The third-order valence-corrected chi connectivity index (χ3v) is 3.12. The summed E-state index contributed by atoms with van der Waals surface area (Å²) in [7, 11) is 0. The van der Waals surface area contributed by atoms with Gasteiger partial charge < -0.3 is 10.5 Å². The van der Waals surface area contributed by atoms with Crippen molar-refractivity contribution in [3.8, 4) is 11.5 Å². The number of aryl methyl sites for hydroxylation is 1. The number of halogens is 2. The summed E-state index contributed by atoms with van der Waals surface area (Å²) in [6, 6.07) is 9.31. The molecule has 0 radical (unpaired) electrons. The van der Waals surface area contributed by atoms with Crippen molar-refractivity contribution >= 4 is 28.8 Å². The van der Waals surface area contributed by atoms with Crippen LogP contribution in [0.5, 0.6) is 11.5 Å². The Hall–Kier alpha value is -1.65. The van der Waals surface area contributed by atoms with E-state index in [0.717, 1.165) is 5.56 Å². The maximum absolute atomic E-state index is 13.2. The lowest BCUT2D eigenvalue weighted by Gasteiger charge is -2.10. The first-order chi connectivity index (χ1) is 8.97. The lowest BCUT2D eigenvalue weighted by atomic mass is 10.2. The van der Waals surface area contributed by atoms with Crippen LogP contribution in [-0.2, 0) is 0 Å². The van der Waals surface area contributed by atoms with Crippen molar-refractivity contribution in [3.63, 3.8) is 0 Å². The molecule has 0 amide bonds. The zero-order valence-corrected chi connectivity index (χ0v) is 11.7. The minimum Gasteiger partial charge on any atom is -0.457 e. The molecule has 0 aliphatic heterocycles. The van der Waals surface area contributed by atoms with E-state index in [-0.39, 0.29) is 10.8 Å². The van der Waals surface area contributed by atoms with Gasteiger partial charge >= 0.3 is 0 Å². The molecule has 0 aliphatic rings. The van der Waals surface area contributed by atoms with E-state index in [1.165, 1.54) is 12.1 Å². The minimum atomic E-state index is -0.355. The number of rotatable bonds is 3. The van der Waals surface area contributed by atoms with Crippen LogP contribution in [0.3, 0.4) is 0 Å². The molecule has 0 heterocycles. The average Bonchev–Trinajstić information content (AvgIpc) is 2.33. The van der Waals surface area contributed by atoms with Gasteiger partial charge in [-0.15, -0.1) is 0 Å². The first-order valence-corrected chi connectivity index (χ1v) is 6.29. The zero-order chi connectivity index (χ0) is 14.0. The first-order valence-electron chi connectivity index (χ1n) is 5.51. The fourth-order valence-electron chi connectivity index (χ4n) is 1.57. The van der Waals surface area contributed by atoms with Gasteiger partial charge in [0.1, 0.15) is 22.3 Å². The van der Waals surface area contributed by atoms with Gasteiger partial charge in [0.2, 0.25) is 0 Å². The summed E-state index contributed by atoms with van der Waals surface area (Å²) in [5, 5.41) is 0.402. The number of ether oxygens (including phenoxy) is 1. The molecule has 2 N–H and O–H groups in total. The summed E-state index contributed by atoms with van der Waals surface area (Å²) < 4.78 is 18.8. The molecule has 0 saturated heterocycles. The van der Waals surface area contributed by atoms with Crippen molar-refractivity contribution in [3.05, 3.63) is 58.4 Å². The molecule has 0 fully saturated rings. The van der Waals surface area contributed by atoms with Gasteiger partial charge in [-0.1, -0.05) is 29.9 Å². The monoisotopic (exact) mass is 295 g/mol. The largest absolute Gasteiger partial charge is 0.457 e. The molecule has 0 aromatic heterocycles. The Morgan fingerprint density at radius 1 is 1.26 bits per heavy atom. The van der Waals surface area contributed by atoms with Gasteiger partial charge in [0.15, 0.2) is 0 Å². The highest BCUT2D eigenvalue weighted by Crippen LogP contribution is 2.29. The molecule has 0 atom stereocenters. The molecule has 0 unspecified atom stereocenters. The molecule has 2 nitrogen and oxygen atoms in total. The van der Waals surface area contributed by atoms with E-state index in [1.54, 1.807) is 24.3 Å². The predicted octanol–water partition coefficient (Wildman–Crippen LogP) is 4.21. The second kappa shape index (κ2) is 5.55. The fourth-order valence-corrected chi connectivity index (χ4v) is 2.08. The van der Waals surface area contributed by atoms with E-state index in [2.05, 4.69) is 0 Å². The molecular weight excluding hydrogens is 285 g/mol. The molecule has 2 aromatic carbocycles. The van der Waals surface area contributed by atoms with Crippen LogP contribution < -0.4 is 10.5 Å². The molecule has 98 valence electrons. The van der Waals surface area contributed by atoms with E-state index in [1.807, 2.05) is 6.92 Å². The van der Waals surface area contributed by atoms with Crippen molar-refractivity contribution in [2.45, 2.75) is 6.92 Å². The van der Waals surface area contributed by atoms with Gasteiger partial charge in [-0.05, 0) is 30.7 Å². The van der Waals surface area contributed by atoms with Gasteiger partial charge in [-0.2, -0.15) is 0 Å². The topological polar surface area (TPSA) is 35.2 Å². The molecule has 0 spiro atoms. The van der Waals surface area contributed by atoms with Crippen LogP contribution in [0.2, 0.25) is 5.02 Å². The Labute approximate surface area is 120 Å². The van der Waals surface area contributed by atoms with Gasteiger partial charge in [0.05, 0.1) is 5.02 Å². The molecular formula is C14H11ClFNOS. The maximum Gasteiger partial charge on any atom is 0.133 e. The maximum atomic E-state index is 13.2. The summed E-state index contributed by atoms with van der Waals surface area (Å²) in [6.45, 7) is 1.83. The van der Waals surface area contributed by atoms with Crippen molar-refractivity contribution in [2.24, 2.45) is 5.73 Å². The quantitative estimate of drug-likeness (QED) is 0.861. The normalized spacial score (nSPS) is 10.3. The third kappa shape index (κ3) is 3.22. The Morgan fingerprint density at radius 3 is 2.63 bits per heavy atom. The van der Waals surface area contributed by atoms with E-state index >= 15 is 0 Å². The first kappa shape index (κ1) is 13.8. The van der Waals surface area contributed by atoms with E-state index in [9.17, 15) is 4.39 Å². The predicted molar refractivity (Wildman–Crippen MR) is 78.6 cm³/mol. The smallest absolute Gasteiger partial charge is 0.133 e. The third-order valence-electron chi connectivity index (χ3n) is 2.58. The van der Waals surface area contributed by atoms with Crippen LogP contribution in [0.4, 0.5) is 4.39 Å². The van der Waals surface area contributed by atoms with Crippen molar-refractivity contribution in [2.75, 3.05) is 0 Å². The number of benzene rings is 2. The number of nitrogens with two attached hydrogens (primary N) is 1. The number of thiocarbonyl (C=S) groups is 1. The Morgan fingerprint density at radius 2 is 2.00 bits per heavy atom. The Kier molecular flexibility index (Phi) is 4.02. The number of hydrogen-bond acceptors (Lipinski definition) is 2. The van der Waals surface area contributed by atoms with Crippen LogP contribution in [-0.4, -0.2) is 4.99 Å². The fraction of sp³-hybridized carbons (Fsp3) is 0.0714. The standard InChI is InChI=1S/C14H11ClFNOS/c1-8-2-3-9(16)6-13(8)18-10-4-5-11(14(17)19)12(15)7-10/h2-7H,1H3,(H2,17,19). The SMILES string of the molecule is Cc1ccc(F)cc1Oc1ccc(C(N)=S)c(Cl)c1. The lowest BCUT2D eigenvalue weighted by molar-refractivity contribution is 0.473. The van der Waals surface area contributed by atoms with Crippen LogP contribution in [0.1, 0.15) is 11.1 Å². The van der Waals surface area contributed by atoms with Crippen LogP contribution >= 0.6 is 23.8 Å². The zero-order valence-electron chi connectivity index (χ0n) is 10.1. The second-order valence-corrected chi connectivity index (χ2v) is 4.86. The van der Waals surface area contributed by atoms with Crippen molar-refractivity contribution in [1.82, 2.24) is 0 Å². The molecule has 0 aliphatic carbocycles. The summed E-state index contributed by atoms with van der Waals surface area (Å²) in [6.07, 6.45) is 0. The van der Waals surface area contributed by atoms with Gasteiger partial charge in [-0.3, -0.25) is 0 Å². The molecule has 5 heteroatoms. The minimum absolute atomic E-state index is 0.221. The molecule has 0 bridgehead atoms. The van der Waals surface area contributed by atoms with E-state index in [4.69, 9.17) is 34.3 Å². The molecule has 19 heavy (non-hydrogen) atoms. The Bertz CT molecular complexity index is 645. The molecule has 2 aromatic rings. The summed E-state index contributed by atoms with van der Waals surface area (Å²) >= 11 is 10.9. The summed E-state index contributed by atoms with van der Waals surface area (Å²) in [4.78, 5) is 0.221. The van der Waals surface area contributed by atoms with Crippen molar-refractivity contribution < 1.29 is 9.13 Å². The average molecular weight is 296 g/mol. The van der Waals surface area contributed by atoms with Gasteiger partial charge in [-0.25, -0.2) is 4.39 Å². The van der Waals surface area contributed by atoms with Crippen LogP contribution in [0.15, 0.2) is 36.4 Å². The highest BCUT2D eigenvalue weighted by molar-refractivity contribution is 7.80. The van der Waals surface area contributed by atoms with E-state index < -0.39 is 0 Å². The van der Waals surface area contributed by atoms with Crippen molar-refractivity contribution in [1.29, 1.82) is 0 Å². The number of hydrogen-bond donors (Lipinski definition) is 1. The van der Waals surface area contributed by atoms with E-state index in [0.29, 0.717) is 22.1 Å². The summed E-state index contributed by atoms with van der Waals surface area (Å²) in [5.41, 5.74) is 6.93.